The number of H-pyrrole nitrogens is 1. The van der Waals surface area contributed by atoms with E-state index < -0.39 is 18.3 Å². The molecule has 0 spiro atoms. The first-order valence-electron chi connectivity index (χ1n) is 5.33. The molecule has 2 N–H and O–H groups in total. The van der Waals surface area contributed by atoms with Crippen LogP contribution < -0.4 is 0 Å². The fourth-order valence-electron chi connectivity index (χ4n) is 1.74. The summed E-state index contributed by atoms with van der Waals surface area (Å²) in [5.41, 5.74) is -0.649. The van der Waals surface area contributed by atoms with E-state index in [-0.39, 0.29) is 22.7 Å². The van der Waals surface area contributed by atoms with Crippen molar-refractivity contribution in [3.8, 4) is 0 Å². The number of rotatable bonds is 3. The van der Waals surface area contributed by atoms with Crippen molar-refractivity contribution >= 4 is 12.2 Å². The molecule has 102 valence electrons. The predicted octanol–water partition coefficient (Wildman–Crippen LogP) is 2.50. The van der Waals surface area contributed by atoms with Crippen molar-refractivity contribution in [2.24, 2.45) is 0 Å². The zero-order valence-corrected chi connectivity index (χ0v) is 10.4. The highest BCUT2D eigenvalue weighted by Crippen LogP contribution is 2.32. The standard InChI is InChI=1S/C11H10F3N3OS/c12-11(13,14)8-4-2-1-3-7(8)5-17-9(6-18)15-16-10(17)19/h1-4,18H,5-6H2,(H,16,19). The molecule has 8 heteroatoms. The molecular formula is C11H10F3N3OS. The molecule has 0 fully saturated rings. The van der Waals surface area contributed by atoms with E-state index >= 15 is 0 Å². The summed E-state index contributed by atoms with van der Waals surface area (Å²) < 4.78 is 40.1. The third-order valence-electron chi connectivity index (χ3n) is 2.63. The van der Waals surface area contributed by atoms with Crippen LogP contribution in [0.2, 0.25) is 0 Å². The molecule has 0 radical (unpaired) electrons. The van der Waals surface area contributed by atoms with E-state index in [4.69, 9.17) is 17.3 Å². The first-order chi connectivity index (χ1) is 8.93. The fraction of sp³-hybridized carbons (Fsp3) is 0.273. The maximum atomic E-state index is 12.9. The van der Waals surface area contributed by atoms with Gasteiger partial charge in [-0.2, -0.15) is 18.3 Å². The number of nitrogens with zero attached hydrogens (tertiary/aromatic N) is 2. The number of aromatic nitrogens is 3. The second kappa shape index (κ2) is 5.14. The lowest BCUT2D eigenvalue weighted by atomic mass is 10.1. The summed E-state index contributed by atoms with van der Waals surface area (Å²) in [6.45, 7) is -0.498. The van der Waals surface area contributed by atoms with Crippen molar-refractivity contribution in [3.05, 3.63) is 46.0 Å². The van der Waals surface area contributed by atoms with Gasteiger partial charge in [0, 0.05) is 0 Å². The number of nitrogens with one attached hydrogen (secondary N) is 1. The van der Waals surface area contributed by atoms with Crippen LogP contribution in [0.1, 0.15) is 17.0 Å². The number of aromatic amines is 1. The Hall–Kier alpha value is -1.67. The zero-order chi connectivity index (χ0) is 14.0. The minimum absolute atomic E-state index is 0.0715. The number of hydrogen-bond donors (Lipinski definition) is 2. The number of aliphatic hydroxyl groups is 1. The highest BCUT2D eigenvalue weighted by molar-refractivity contribution is 7.71. The molecule has 0 saturated carbocycles. The van der Waals surface area contributed by atoms with Crippen LogP contribution in [-0.4, -0.2) is 19.9 Å². The Balaban J connectivity index is 2.44. The van der Waals surface area contributed by atoms with Gasteiger partial charge in [0.25, 0.3) is 0 Å². The van der Waals surface area contributed by atoms with Crippen LogP contribution in [-0.2, 0) is 19.3 Å². The van der Waals surface area contributed by atoms with Crippen molar-refractivity contribution in [1.29, 1.82) is 0 Å². The number of alkyl halides is 3. The molecule has 0 aliphatic carbocycles. The van der Waals surface area contributed by atoms with Gasteiger partial charge in [0.2, 0.25) is 0 Å². The van der Waals surface area contributed by atoms with E-state index in [1.54, 1.807) is 0 Å². The predicted molar refractivity (Wildman–Crippen MR) is 63.9 cm³/mol. The van der Waals surface area contributed by atoms with Crippen molar-refractivity contribution < 1.29 is 18.3 Å². The minimum Gasteiger partial charge on any atom is -0.388 e. The van der Waals surface area contributed by atoms with Gasteiger partial charge in [-0.25, -0.2) is 0 Å². The quantitative estimate of drug-likeness (QED) is 0.854. The van der Waals surface area contributed by atoms with E-state index in [0.717, 1.165) is 6.07 Å². The van der Waals surface area contributed by atoms with Gasteiger partial charge in [0.1, 0.15) is 6.61 Å². The van der Waals surface area contributed by atoms with Gasteiger partial charge >= 0.3 is 6.18 Å². The Morgan fingerprint density at radius 1 is 1.32 bits per heavy atom. The van der Waals surface area contributed by atoms with Gasteiger partial charge in [0.05, 0.1) is 12.1 Å². The molecule has 0 amide bonds. The molecule has 0 atom stereocenters. The van der Waals surface area contributed by atoms with Gasteiger partial charge in [0.15, 0.2) is 10.6 Å². The van der Waals surface area contributed by atoms with Gasteiger partial charge in [-0.05, 0) is 23.8 Å². The maximum Gasteiger partial charge on any atom is 0.416 e. The Morgan fingerprint density at radius 2 is 2.00 bits per heavy atom. The average Bonchev–Trinajstić information content (AvgIpc) is 2.70. The lowest BCUT2D eigenvalue weighted by Gasteiger charge is -2.13. The summed E-state index contributed by atoms with van der Waals surface area (Å²) in [6.07, 6.45) is -4.43. The van der Waals surface area contributed by atoms with Gasteiger partial charge in [-0.3, -0.25) is 9.67 Å². The number of hydrogen-bond acceptors (Lipinski definition) is 3. The fourth-order valence-corrected chi connectivity index (χ4v) is 1.95. The summed E-state index contributed by atoms with van der Waals surface area (Å²) in [5.74, 6) is 0.196. The number of aliphatic hydroxyl groups excluding tert-OH is 1. The number of benzene rings is 1. The highest BCUT2D eigenvalue weighted by atomic mass is 32.1. The Labute approximate surface area is 111 Å². The van der Waals surface area contributed by atoms with Crippen molar-refractivity contribution in [2.75, 3.05) is 0 Å². The van der Waals surface area contributed by atoms with E-state index in [0.29, 0.717) is 0 Å². The molecule has 4 nitrogen and oxygen atoms in total. The lowest BCUT2D eigenvalue weighted by Crippen LogP contribution is -2.13. The second-order valence-electron chi connectivity index (χ2n) is 3.84. The van der Waals surface area contributed by atoms with Crippen molar-refractivity contribution in [3.63, 3.8) is 0 Å². The maximum absolute atomic E-state index is 12.9. The molecule has 0 saturated heterocycles. The molecule has 1 heterocycles. The molecule has 0 aliphatic heterocycles. The van der Waals surface area contributed by atoms with Gasteiger partial charge in [-0.1, -0.05) is 18.2 Å². The summed E-state index contributed by atoms with van der Waals surface area (Å²) in [4.78, 5) is 0. The van der Waals surface area contributed by atoms with Crippen LogP contribution in [0.5, 0.6) is 0 Å². The third kappa shape index (κ3) is 2.85. The Bertz CT molecular complexity index is 633. The van der Waals surface area contributed by atoms with Crippen LogP contribution in [0.4, 0.5) is 13.2 Å². The second-order valence-corrected chi connectivity index (χ2v) is 4.23. The molecule has 1 aromatic heterocycles. The van der Waals surface area contributed by atoms with Crippen LogP contribution in [0.15, 0.2) is 24.3 Å². The molecular weight excluding hydrogens is 279 g/mol. The van der Waals surface area contributed by atoms with Crippen molar-refractivity contribution in [1.82, 2.24) is 14.8 Å². The molecule has 2 rings (SSSR count). The van der Waals surface area contributed by atoms with Crippen LogP contribution in [0.25, 0.3) is 0 Å². The number of halogens is 3. The summed E-state index contributed by atoms with van der Waals surface area (Å²) in [6, 6.07) is 5.23. The minimum atomic E-state index is -4.43. The first-order valence-corrected chi connectivity index (χ1v) is 5.74. The summed E-state index contributed by atoms with van der Waals surface area (Å²) in [7, 11) is 0. The molecule has 1 aromatic carbocycles. The van der Waals surface area contributed by atoms with E-state index in [9.17, 15) is 13.2 Å². The highest BCUT2D eigenvalue weighted by Gasteiger charge is 2.33. The lowest BCUT2D eigenvalue weighted by molar-refractivity contribution is -0.138. The summed E-state index contributed by atoms with van der Waals surface area (Å²) in [5, 5.41) is 15.2. The van der Waals surface area contributed by atoms with Crippen LogP contribution in [0, 0.1) is 4.77 Å². The van der Waals surface area contributed by atoms with Gasteiger partial charge in [-0.15, -0.1) is 0 Å². The third-order valence-corrected chi connectivity index (χ3v) is 2.94. The smallest absolute Gasteiger partial charge is 0.388 e. The van der Waals surface area contributed by atoms with E-state index in [1.165, 1.54) is 22.8 Å². The Morgan fingerprint density at radius 3 is 2.63 bits per heavy atom. The molecule has 19 heavy (non-hydrogen) atoms. The Kier molecular flexibility index (Phi) is 3.72. The van der Waals surface area contributed by atoms with Crippen LogP contribution >= 0.6 is 12.2 Å². The summed E-state index contributed by atoms with van der Waals surface area (Å²) >= 11 is 4.93. The first kappa shape index (κ1) is 13.8. The van der Waals surface area contributed by atoms with Crippen molar-refractivity contribution in [2.45, 2.75) is 19.3 Å². The van der Waals surface area contributed by atoms with E-state index in [2.05, 4.69) is 10.2 Å². The normalized spacial score (nSPS) is 11.8. The largest absolute Gasteiger partial charge is 0.416 e. The van der Waals surface area contributed by atoms with Crippen LogP contribution in [0.3, 0.4) is 0 Å². The average molecular weight is 289 g/mol. The topological polar surface area (TPSA) is 53.8 Å². The monoisotopic (exact) mass is 289 g/mol. The molecule has 2 aromatic rings. The molecule has 0 aliphatic rings. The zero-order valence-electron chi connectivity index (χ0n) is 9.61. The van der Waals surface area contributed by atoms with E-state index in [1.807, 2.05) is 0 Å². The molecule has 0 bridgehead atoms. The SMILES string of the molecule is OCc1n[nH]c(=S)n1Cc1ccccc1C(F)(F)F. The molecule has 0 unspecified atom stereocenters. The van der Waals surface area contributed by atoms with Gasteiger partial charge < -0.3 is 5.11 Å².